The summed E-state index contributed by atoms with van der Waals surface area (Å²) in [6.45, 7) is 4.32. The molecule has 6 heteroatoms. The number of hydrogen-bond acceptors (Lipinski definition) is 5. The average Bonchev–Trinajstić information content (AvgIpc) is 2.77. The summed E-state index contributed by atoms with van der Waals surface area (Å²) in [4.78, 5) is 0. The van der Waals surface area contributed by atoms with Crippen molar-refractivity contribution in [3.63, 3.8) is 0 Å². The fourth-order valence-corrected chi connectivity index (χ4v) is 1.44. The Morgan fingerprint density at radius 1 is 1.11 bits per heavy atom. The van der Waals surface area contributed by atoms with Gasteiger partial charge in [-0.25, -0.2) is 0 Å². The number of nitrogens with zero attached hydrogens (tertiary/aromatic N) is 2. The minimum Gasteiger partial charge on any atom is -0.382 e. The van der Waals surface area contributed by atoms with Crippen LogP contribution in [0.15, 0.2) is 12.3 Å². The first kappa shape index (κ1) is 14.9. The van der Waals surface area contributed by atoms with Crippen LogP contribution in [0.1, 0.15) is 12.8 Å². The molecule has 1 aromatic rings. The van der Waals surface area contributed by atoms with Gasteiger partial charge in [0.1, 0.15) is 5.82 Å². The van der Waals surface area contributed by atoms with Crippen LogP contribution in [-0.2, 0) is 20.8 Å². The lowest BCUT2D eigenvalue weighted by Crippen LogP contribution is -2.07. The lowest BCUT2D eigenvalue weighted by Gasteiger charge is -2.05. The Kier molecular flexibility index (Phi) is 8.20. The molecule has 0 radical (unpaired) electrons. The van der Waals surface area contributed by atoms with E-state index >= 15 is 0 Å². The summed E-state index contributed by atoms with van der Waals surface area (Å²) in [6.07, 6.45) is 3.73. The van der Waals surface area contributed by atoms with E-state index in [-0.39, 0.29) is 0 Å². The summed E-state index contributed by atoms with van der Waals surface area (Å²) in [7, 11) is 1.67. The molecule has 1 rings (SSSR count). The lowest BCUT2D eigenvalue weighted by molar-refractivity contribution is 0.0505. The molecule has 2 N–H and O–H groups in total. The topological polar surface area (TPSA) is 71.5 Å². The molecule has 0 amide bonds. The van der Waals surface area contributed by atoms with Gasteiger partial charge in [0.2, 0.25) is 0 Å². The molecule has 0 aliphatic rings. The third kappa shape index (κ3) is 7.26. The first-order valence-electron chi connectivity index (χ1n) is 6.26. The summed E-state index contributed by atoms with van der Waals surface area (Å²) in [6, 6.07) is 1.79. The molecule has 0 aliphatic heterocycles. The number of aryl methyl sites for hydroxylation is 1. The van der Waals surface area contributed by atoms with Gasteiger partial charge in [-0.15, -0.1) is 0 Å². The highest BCUT2D eigenvalue weighted by molar-refractivity contribution is 5.23. The zero-order chi connectivity index (χ0) is 13.1. The van der Waals surface area contributed by atoms with Gasteiger partial charge >= 0.3 is 0 Å². The molecule has 1 heterocycles. The van der Waals surface area contributed by atoms with Crippen molar-refractivity contribution in [1.29, 1.82) is 0 Å². The zero-order valence-corrected chi connectivity index (χ0v) is 11.0. The molecule has 0 unspecified atom stereocenters. The van der Waals surface area contributed by atoms with Crippen molar-refractivity contribution in [3.8, 4) is 0 Å². The molecule has 0 aliphatic carbocycles. The summed E-state index contributed by atoms with van der Waals surface area (Å²) in [5, 5.41) is 4.09. The van der Waals surface area contributed by atoms with Crippen molar-refractivity contribution in [2.45, 2.75) is 19.4 Å². The molecule has 6 nitrogen and oxygen atoms in total. The molecule has 0 fully saturated rings. The molecule has 1 aromatic heterocycles. The van der Waals surface area contributed by atoms with Gasteiger partial charge in [-0.05, 0) is 18.9 Å². The normalized spacial score (nSPS) is 10.9. The van der Waals surface area contributed by atoms with Gasteiger partial charge in [0.05, 0.1) is 13.2 Å². The van der Waals surface area contributed by atoms with Crippen LogP contribution in [0.2, 0.25) is 0 Å². The predicted molar refractivity (Wildman–Crippen MR) is 69.4 cm³/mol. The highest BCUT2D eigenvalue weighted by Crippen LogP contribution is 1.97. The number of ether oxygens (including phenoxy) is 3. The number of aromatic nitrogens is 2. The van der Waals surface area contributed by atoms with Crippen molar-refractivity contribution in [3.05, 3.63) is 12.3 Å². The molecule has 0 atom stereocenters. The Morgan fingerprint density at radius 3 is 2.50 bits per heavy atom. The Labute approximate surface area is 108 Å². The Bertz CT molecular complexity index is 305. The second-order valence-electron chi connectivity index (χ2n) is 3.93. The minimum atomic E-state index is 0.559. The van der Waals surface area contributed by atoms with E-state index in [0.29, 0.717) is 19.0 Å². The molecule has 0 spiro atoms. The van der Waals surface area contributed by atoms with Crippen LogP contribution in [-0.4, -0.2) is 49.9 Å². The Morgan fingerprint density at radius 2 is 1.83 bits per heavy atom. The first-order chi connectivity index (χ1) is 8.83. The third-order valence-electron chi connectivity index (χ3n) is 2.35. The van der Waals surface area contributed by atoms with Crippen molar-refractivity contribution in [1.82, 2.24) is 9.78 Å². The number of nitrogens with two attached hydrogens (primary N) is 1. The van der Waals surface area contributed by atoms with E-state index in [1.54, 1.807) is 13.2 Å². The van der Waals surface area contributed by atoms with Gasteiger partial charge in [0.15, 0.2) is 0 Å². The van der Waals surface area contributed by atoms with Crippen LogP contribution < -0.4 is 5.73 Å². The fourth-order valence-electron chi connectivity index (χ4n) is 1.44. The zero-order valence-electron chi connectivity index (χ0n) is 11.0. The van der Waals surface area contributed by atoms with Crippen LogP contribution in [0, 0.1) is 0 Å². The van der Waals surface area contributed by atoms with Crippen molar-refractivity contribution in [2.75, 3.05) is 45.9 Å². The maximum atomic E-state index is 5.51. The Balaban J connectivity index is 1.81. The number of rotatable bonds is 11. The minimum absolute atomic E-state index is 0.559. The molecule has 104 valence electrons. The van der Waals surface area contributed by atoms with E-state index in [0.717, 1.165) is 39.2 Å². The van der Waals surface area contributed by atoms with Crippen molar-refractivity contribution < 1.29 is 14.2 Å². The largest absolute Gasteiger partial charge is 0.382 e. The summed E-state index contributed by atoms with van der Waals surface area (Å²) < 4.78 is 17.5. The van der Waals surface area contributed by atoms with E-state index in [1.807, 2.05) is 10.9 Å². The molecular formula is C12H23N3O3. The second-order valence-corrected chi connectivity index (χ2v) is 3.93. The summed E-state index contributed by atoms with van der Waals surface area (Å²) >= 11 is 0. The van der Waals surface area contributed by atoms with Gasteiger partial charge in [-0.2, -0.15) is 5.10 Å². The van der Waals surface area contributed by atoms with Gasteiger partial charge in [-0.1, -0.05) is 0 Å². The van der Waals surface area contributed by atoms with Crippen molar-refractivity contribution in [2.24, 2.45) is 0 Å². The molecule has 0 bridgehead atoms. The van der Waals surface area contributed by atoms with Crippen LogP contribution in [0.4, 0.5) is 5.82 Å². The highest BCUT2D eigenvalue weighted by Gasteiger charge is 1.95. The predicted octanol–water partition coefficient (Wildman–Crippen LogP) is 0.925. The second kappa shape index (κ2) is 9.87. The van der Waals surface area contributed by atoms with Gasteiger partial charge in [-0.3, -0.25) is 4.68 Å². The van der Waals surface area contributed by atoms with E-state index in [1.165, 1.54) is 0 Å². The number of nitrogen functional groups attached to an aromatic ring is 1. The monoisotopic (exact) mass is 257 g/mol. The SMILES string of the molecule is COCCOCCCOCCCn1ccc(N)n1. The van der Waals surface area contributed by atoms with Crippen LogP contribution in [0.25, 0.3) is 0 Å². The smallest absolute Gasteiger partial charge is 0.145 e. The van der Waals surface area contributed by atoms with Crippen molar-refractivity contribution >= 4 is 5.82 Å². The van der Waals surface area contributed by atoms with Gasteiger partial charge in [0, 0.05) is 39.7 Å². The van der Waals surface area contributed by atoms with Crippen LogP contribution in [0.5, 0.6) is 0 Å². The van der Waals surface area contributed by atoms with Gasteiger partial charge < -0.3 is 19.9 Å². The van der Waals surface area contributed by atoms with E-state index in [2.05, 4.69) is 5.10 Å². The quantitative estimate of drug-likeness (QED) is 0.597. The molecule has 18 heavy (non-hydrogen) atoms. The maximum absolute atomic E-state index is 5.51. The number of anilines is 1. The average molecular weight is 257 g/mol. The molecule has 0 aromatic carbocycles. The number of methoxy groups -OCH3 is 1. The van der Waals surface area contributed by atoms with E-state index in [9.17, 15) is 0 Å². The molecule has 0 saturated carbocycles. The van der Waals surface area contributed by atoms with E-state index in [4.69, 9.17) is 19.9 Å². The van der Waals surface area contributed by atoms with E-state index < -0.39 is 0 Å². The van der Waals surface area contributed by atoms with Crippen LogP contribution >= 0.6 is 0 Å². The number of hydrogen-bond donors (Lipinski definition) is 1. The summed E-state index contributed by atoms with van der Waals surface area (Å²) in [5.41, 5.74) is 5.51. The maximum Gasteiger partial charge on any atom is 0.145 e. The Hall–Kier alpha value is -1.11. The van der Waals surface area contributed by atoms with Crippen LogP contribution in [0.3, 0.4) is 0 Å². The third-order valence-corrected chi connectivity index (χ3v) is 2.35. The van der Waals surface area contributed by atoms with Gasteiger partial charge in [0.25, 0.3) is 0 Å². The highest BCUT2D eigenvalue weighted by atomic mass is 16.5. The summed E-state index contributed by atoms with van der Waals surface area (Å²) in [5.74, 6) is 0.559. The standard InChI is InChI=1S/C12H23N3O3/c1-16-10-11-18-9-3-8-17-7-2-5-15-6-4-12(13)14-15/h4,6H,2-3,5,7-11H2,1H3,(H2,13,14). The molecule has 0 saturated heterocycles. The first-order valence-corrected chi connectivity index (χ1v) is 6.26. The fraction of sp³-hybridized carbons (Fsp3) is 0.750. The molecular weight excluding hydrogens is 234 g/mol. The lowest BCUT2D eigenvalue weighted by atomic mass is 10.4.